The fourth-order valence-electron chi connectivity index (χ4n) is 2.40. The Labute approximate surface area is 134 Å². The Hall–Kier alpha value is -0.830. The summed E-state index contributed by atoms with van der Waals surface area (Å²) in [6.07, 6.45) is 1.01. The summed E-state index contributed by atoms with van der Waals surface area (Å²) >= 11 is 9.73. The highest BCUT2D eigenvalue weighted by Crippen LogP contribution is 2.26. The van der Waals surface area contributed by atoms with Gasteiger partial charge in [-0.25, -0.2) is 0 Å². The van der Waals surface area contributed by atoms with E-state index in [2.05, 4.69) is 65.4 Å². The first-order chi connectivity index (χ1) is 9.56. The lowest BCUT2D eigenvalue weighted by atomic mass is 10.0. The molecule has 3 heteroatoms. The zero-order valence-electron chi connectivity index (χ0n) is 11.7. The lowest BCUT2D eigenvalue weighted by Crippen LogP contribution is -2.30. The van der Waals surface area contributed by atoms with Crippen LogP contribution >= 0.6 is 27.5 Å². The van der Waals surface area contributed by atoms with Gasteiger partial charge in [-0.1, -0.05) is 63.9 Å². The van der Waals surface area contributed by atoms with Gasteiger partial charge in [0.15, 0.2) is 0 Å². The summed E-state index contributed by atoms with van der Waals surface area (Å²) in [5.74, 6) is 0. The first-order valence-electron chi connectivity index (χ1n) is 6.81. The SMILES string of the molecule is CC(Cc1ccccc1)NC(C)c1ccc(Br)cc1Cl. The monoisotopic (exact) mass is 351 g/mol. The second-order valence-corrected chi connectivity index (χ2v) is 6.47. The maximum atomic E-state index is 6.30. The van der Waals surface area contributed by atoms with Crippen LogP contribution in [0.25, 0.3) is 0 Å². The van der Waals surface area contributed by atoms with Crippen LogP contribution in [0.5, 0.6) is 0 Å². The van der Waals surface area contributed by atoms with Gasteiger partial charge in [0.2, 0.25) is 0 Å². The Morgan fingerprint density at radius 1 is 1.10 bits per heavy atom. The Bertz CT molecular complexity index is 556. The molecule has 0 saturated heterocycles. The van der Waals surface area contributed by atoms with E-state index < -0.39 is 0 Å². The molecule has 2 atom stereocenters. The van der Waals surface area contributed by atoms with Gasteiger partial charge in [0.1, 0.15) is 0 Å². The molecule has 1 nitrogen and oxygen atoms in total. The van der Waals surface area contributed by atoms with Crippen LogP contribution in [-0.4, -0.2) is 6.04 Å². The van der Waals surface area contributed by atoms with Crippen molar-refractivity contribution in [2.45, 2.75) is 32.4 Å². The topological polar surface area (TPSA) is 12.0 Å². The molecule has 0 aromatic heterocycles. The maximum Gasteiger partial charge on any atom is 0.0464 e. The lowest BCUT2D eigenvalue weighted by Gasteiger charge is -2.21. The largest absolute Gasteiger partial charge is 0.307 e. The van der Waals surface area contributed by atoms with Crippen molar-refractivity contribution in [3.05, 3.63) is 69.2 Å². The predicted molar refractivity (Wildman–Crippen MR) is 90.3 cm³/mol. The molecule has 0 aliphatic heterocycles. The maximum absolute atomic E-state index is 6.30. The van der Waals surface area contributed by atoms with Crippen molar-refractivity contribution in [3.63, 3.8) is 0 Å². The van der Waals surface area contributed by atoms with Crippen molar-refractivity contribution in [3.8, 4) is 0 Å². The van der Waals surface area contributed by atoms with Crippen LogP contribution in [0, 0.1) is 0 Å². The average Bonchev–Trinajstić information content (AvgIpc) is 2.39. The summed E-state index contributed by atoms with van der Waals surface area (Å²) in [6.45, 7) is 4.35. The fourth-order valence-corrected chi connectivity index (χ4v) is 3.23. The van der Waals surface area contributed by atoms with Crippen LogP contribution < -0.4 is 5.32 Å². The molecular weight excluding hydrogens is 334 g/mol. The molecule has 0 spiro atoms. The van der Waals surface area contributed by atoms with Crippen molar-refractivity contribution in [2.75, 3.05) is 0 Å². The minimum Gasteiger partial charge on any atom is -0.307 e. The Kier molecular flexibility index (Phi) is 5.64. The highest BCUT2D eigenvalue weighted by Gasteiger charge is 2.13. The number of nitrogens with one attached hydrogen (secondary N) is 1. The van der Waals surface area contributed by atoms with Gasteiger partial charge in [0, 0.05) is 21.6 Å². The van der Waals surface area contributed by atoms with Crippen LogP contribution in [0.4, 0.5) is 0 Å². The van der Waals surface area contributed by atoms with Crippen LogP contribution in [0.3, 0.4) is 0 Å². The lowest BCUT2D eigenvalue weighted by molar-refractivity contribution is 0.477. The van der Waals surface area contributed by atoms with Gasteiger partial charge in [-0.05, 0) is 43.5 Å². The molecular formula is C17H19BrClN. The van der Waals surface area contributed by atoms with E-state index in [4.69, 9.17) is 11.6 Å². The Morgan fingerprint density at radius 2 is 1.80 bits per heavy atom. The first kappa shape index (κ1) is 15.6. The smallest absolute Gasteiger partial charge is 0.0464 e. The van der Waals surface area contributed by atoms with Gasteiger partial charge in [-0.2, -0.15) is 0 Å². The highest BCUT2D eigenvalue weighted by atomic mass is 79.9. The molecule has 1 N–H and O–H groups in total. The van der Waals surface area contributed by atoms with Crippen LogP contribution in [0.2, 0.25) is 5.02 Å². The molecule has 0 aliphatic carbocycles. The van der Waals surface area contributed by atoms with E-state index in [9.17, 15) is 0 Å². The normalized spacial score (nSPS) is 14.0. The van der Waals surface area contributed by atoms with Gasteiger partial charge < -0.3 is 5.32 Å². The fraction of sp³-hybridized carbons (Fsp3) is 0.294. The van der Waals surface area contributed by atoms with E-state index in [1.807, 2.05) is 18.2 Å². The molecule has 2 unspecified atom stereocenters. The zero-order chi connectivity index (χ0) is 14.5. The molecule has 2 aromatic carbocycles. The Balaban J connectivity index is 1.98. The third-order valence-corrected chi connectivity index (χ3v) is 4.17. The minimum absolute atomic E-state index is 0.231. The van der Waals surface area contributed by atoms with E-state index in [0.29, 0.717) is 6.04 Å². The summed E-state index contributed by atoms with van der Waals surface area (Å²) in [4.78, 5) is 0. The molecule has 0 radical (unpaired) electrons. The molecule has 0 aliphatic rings. The molecule has 0 heterocycles. The summed E-state index contributed by atoms with van der Waals surface area (Å²) in [7, 11) is 0. The number of rotatable bonds is 5. The molecule has 2 rings (SSSR count). The van der Waals surface area contributed by atoms with E-state index in [1.54, 1.807) is 0 Å². The third kappa shape index (κ3) is 4.34. The molecule has 106 valence electrons. The van der Waals surface area contributed by atoms with Crippen molar-refractivity contribution < 1.29 is 0 Å². The molecule has 0 fully saturated rings. The predicted octanol–water partition coefficient (Wildman–Crippen LogP) is 5.38. The van der Waals surface area contributed by atoms with Crippen molar-refractivity contribution in [2.24, 2.45) is 0 Å². The van der Waals surface area contributed by atoms with Crippen LogP contribution in [0.1, 0.15) is 31.0 Å². The van der Waals surface area contributed by atoms with Gasteiger partial charge in [-0.3, -0.25) is 0 Å². The number of hydrogen-bond acceptors (Lipinski definition) is 1. The van der Waals surface area contributed by atoms with E-state index in [-0.39, 0.29) is 6.04 Å². The molecule has 0 saturated carbocycles. The van der Waals surface area contributed by atoms with Crippen molar-refractivity contribution in [1.29, 1.82) is 0 Å². The quantitative estimate of drug-likeness (QED) is 0.761. The summed E-state index contributed by atoms with van der Waals surface area (Å²) in [6, 6.07) is 17.2. The van der Waals surface area contributed by atoms with E-state index in [0.717, 1.165) is 21.5 Å². The van der Waals surface area contributed by atoms with Crippen LogP contribution in [-0.2, 0) is 6.42 Å². The average molecular weight is 353 g/mol. The molecule has 0 amide bonds. The standard InChI is InChI=1S/C17H19BrClN/c1-12(10-14-6-4-3-5-7-14)20-13(2)16-9-8-15(18)11-17(16)19/h3-9,11-13,20H,10H2,1-2H3. The third-order valence-electron chi connectivity index (χ3n) is 3.35. The Morgan fingerprint density at radius 3 is 2.45 bits per heavy atom. The number of benzene rings is 2. The van der Waals surface area contributed by atoms with Crippen molar-refractivity contribution >= 4 is 27.5 Å². The summed E-state index contributed by atoms with van der Waals surface area (Å²) in [5, 5.41) is 4.40. The summed E-state index contributed by atoms with van der Waals surface area (Å²) < 4.78 is 1.01. The van der Waals surface area contributed by atoms with Gasteiger partial charge in [-0.15, -0.1) is 0 Å². The number of halogens is 2. The summed E-state index contributed by atoms with van der Waals surface area (Å²) in [5.41, 5.74) is 2.48. The molecule has 20 heavy (non-hydrogen) atoms. The van der Waals surface area contributed by atoms with Crippen LogP contribution in [0.15, 0.2) is 53.0 Å². The van der Waals surface area contributed by atoms with Gasteiger partial charge in [0.05, 0.1) is 0 Å². The highest BCUT2D eigenvalue weighted by molar-refractivity contribution is 9.10. The van der Waals surface area contributed by atoms with Gasteiger partial charge in [0.25, 0.3) is 0 Å². The number of hydrogen-bond donors (Lipinski definition) is 1. The second-order valence-electron chi connectivity index (χ2n) is 5.14. The second kappa shape index (κ2) is 7.26. The van der Waals surface area contributed by atoms with Gasteiger partial charge >= 0.3 is 0 Å². The zero-order valence-corrected chi connectivity index (χ0v) is 14.1. The van der Waals surface area contributed by atoms with E-state index >= 15 is 0 Å². The minimum atomic E-state index is 0.231. The molecule has 0 bridgehead atoms. The first-order valence-corrected chi connectivity index (χ1v) is 7.98. The molecule has 2 aromatic rings. The van der Waals surface area contributed by atoms with E-state index in [1.165, 1.54) is 5.56 Å². The van der Waals surface area contributed by atoms with Crippen molar-refractivity contribution in [1.82, 2.24) is 5.32 Å².